The first-order valence-electron chi connectivity index (χ1n) is 8.24. The minimum Gasteiger partial charge on any atom is -0.344 e. The van der Waals surface area contributed by atoms with Crippen molar-refractivity contribution in [2.45, 2.75) is 18.7 Å². The zero-order valence-electron chi connectivity index (χ0n) is 14.1. The van der Waals surface area contributed by atoms with Gasteiger partial charge in [-0.15, -0.1) is 23.1 Å². The molecule has 0 spiro atoms. The Kier molecular flexibility index (Phi) is 6.31. The molecular weight excluding hydrogens is 346 g/mol. The molecule has 1 heterocycles. The van der Waals surface area contributed by atoms with E-state index in [1.165, 1.54) is 11.1 Å². The van der Waals surface area contributed by atoms with Gasteiger partial charge in [0.1, 0.15) is 0 Å². The molecule has 0 saturated carbocycles. The van der Waals surface area contributed by atoms with Gasteiger partial charge in [0.05, 0.1) is 11.8 Å². The molecule has 2 aromatic carbocycles. The van der Waals surface area contributed by atoms with Crippen molar-refractivity contribution < 1.29 is 4.79 Å². The maximum absolute atomic E-state index is 12.5. The van der Waals surface area contributed by atoms with E-state index in [9.17, 15) is 4.79 Å². The van der Waals surface area contributed by atoms with Gasteiger partial charge in [0.25, 0.3) is 0 Å². The number of hydrogen-bond acceptors (Lipinski definition) is 3. The Morgan fingerprint density at radius 3 is 2.52 bits per heavy atom. The first-order chi connectivity index (χ1) is 12.2. The summed E-state index contributed by atoms with van der Waals surface area (Å²) in [5.41, 5.74) is 3.68. The number of nitrogens with one attached hydrogen (secondary N) is 1. The van der Waals surface area contributed by atoms with E-state index in [1.54, 1.807) is 23.1 Å². The third kappa shape index (κ3) is 4.97. The van der Waals surface area contributed by atoms with Crippen LogP contribution in [0.2, 0.25) is 0 Å². The SMILES string of the molecule is Cc1ccccc1CSCC(=O)N[C@@H](c1ccccc1)c1cccs1. The van der Waals surface area contributed by atoms with Crippen LogP contribution in [0.1, 0.15) is 27.6 Å². The molecule has 0 fully saturated rings. The Morgan fingerprint density at radius 2 is 1.80 bits per heavy atom. The lowest BCUT2D eigenvalue weighted by molar-refractivity contribution is -0.119. The average molecular weight is 368 g/mol. The lowest BCUT2D eigenvalue weighted by Gasteiger charge is -2.18. The van der Waals surface area contributed by atoms with Gasteiger partial charge in [0, 0.05) is 10.6 Å². The second-order valence-corrected chi connectivity index (χ2v) is 7.81. The Balaban J connectivity index is 1.60. The van der Waals surface area contributed by atoms with E-state index in [0.29, 0.717) is 5.75 Å². The standard InChI is InChI=1S/C21H21NOS2/c1-16-8-5-6-11-18(16)14-24-15-20(23)22-21(19-12-7-13-25-19)17-9-3-2-4-10-17/h2-13,21H,14-15H2,1H3,(H,22,23)/t21-/m0/s1. The zero-order chi connectivity index (χ0) is 17.5. The predicted octanol–water partition coefficient (Wildman–Crippen LogP) is 5.20. The summed E-state index contributed by atoms with van der Waals surface area (Å²) >= 11 is 3.32. The highest BCUT2D eigenvalue weighted by atomic mass is 32.2. The van der Waals surface area contributed by atoms with Crippen molar-refractivity contribution in [3.05, 3.63) is 93.7 Å². The van der Waals surface area contributed by atoms with Gasteiger partial charge in [-0.2, -0.15) is 0 Å². The second-order valence-electron chi connectivity index (χ2n) is 5.85. The van der Waals surface area contributed by atoms with Gasteiger partial charge in [-0.3, -0.25) is 4.79 Å². The minimum atomic E-state index is -0.0761. The lowest BCUT2D eigenvalue weighted by Crippen LogP contribution is -2.30. The maximum atomic E-state index is 12.5. The average Bonchev–Trinajstić information content (AvgIpc) is 3.16. The summed E-state index contributed by atoms with van der Waals surface area (Å²) in [4.78, 5) is 13.6. The summed E-state index contributed by atoms with van der Waals surface area (Å²) in [6.45, 7) is 2.11. The topological polar surface area (TPSA) is 29.1 Å². The van der Waals surface area contributed by atoms with Crippen LogP contribution in [0, 0.1) is 6.92 Å². The van der Waals surface area contributed by atoms with E-state index in [4.69, 9.17) is 0 Å². The van der Waals surface area contributed by atoms with Gasteiger partial charge in [0.15, 0.2) is 0 Å². The molecule has 25 heavy (non-hydrogen) atoms. The molecular formula is C21H21NOS2. The molecule has 2 nitrogen and oxygen atoms in total. The highest BCUT2D eigenvalue weighted by molar-refractivity contribution is 7.99. The normalized spacial score (nSPS) is 11.9. The number of thiophene rings is 1. The zero-order valence-corrected chi connectivity index (χ0v) is 15.8. The van der Waals surface area contributed by atoms with Crippen LogP contribution >= 0.6 is 23.1 Å². The molecule has 0 radical (unpaired) electrons. The summed E-state index contributed by atoms with van der Waals surface area (Å²) in [5.74, 6) is 1.39. The Morgan fingerprint density at radius 1 is 1.04 bits per heavy atom. The van der Waals surface area contributed by atoms with E-state index in [0.717, 1.165) is 16.2 Å². The number of carbonyl (C=O) groups is 1. The number of rotatable bonds is 7. The molecule has 0 saturated heterocycles. The molecule has 0 bridgehead atoms. The monoisotopic (exact) mass is 367 g/mol. The van der Waals surface area contributed by atoms with Gasteiger partial charge in [-0.25, -0.2) is 0 Å². The fourth-order valence-corrected chi connectivity index (χ4v) is 4.37. The van der Waals surface area contributed by atoms with Crippen LogP contribution in [0.3, 0.4) is 0 Å². The van der Waals surface area contributed by atoms with Gasteiger partial charge in [-0.05, 0) is 35.1 Å². The molecule has 3 rings (SSSR count). The van der Waals surface area contributed by atoms with E-state index >= 15 is 0 Å². The van der Waals surface area contributed by atoms with Crippen molar-refractivity contribution in [1.29, 1.82) is 0 Å². The fraction of sp³-hybridized carbons (Fsp3) is 0.190. The summed E-state index contributed by atoms with van der Waals surface area (Å²) < 4.78 is 0. The van der Waals surface area contributed by atoms with Crippen molar-refractivity contribution in [3.63, 3.8) is 0 Å². The van der Waals surface area contributed by atoms with Crippen LogP contribution in [-0.2, 0) is 10.5 Å². The number of thioether (sulfide) groups is 1. The number of benzene rings is 2. The minimum absolute atomic E-state index is 0.0702. The first kappa shape index (κ1) is 17.8. The highest BCUT2D eigenvalue weighted by Gasteiger charge is 2.17. The fourth-order valence-electron chi connectivity index (χ4n) is 2.65. The number of amides is 1. The predicted molar refractivity (Wildman–Crippen MR) is 108 cm³/mol. The molecule has 1 amide bonds. The Bertz CT molecular complexity index is 800. The molecule has 1 atom stereocenters. The number of carbonyl (C=O) groups excluding carboxylic acids is 1. The van der Waals surface area contributed by atoms with Crippen LogP contribution in [-0.4, -0.2) is 11.7 Å². The molecule has 1 N–H and O–H groups in total. The Hall–Kier alpha value is -2.04. The summed E-state index contributed by atoms with van der Waals surface area (Å²) in [6, 6.07) is 22.5. The van der Waals surface area contributed by atoms with Crippen LogP contribution in [0.4, 0.5) is 0 Å². The number of hydrogen-bond donors (Lipinski definition) is 1. The smallest absolute Gasteiger partial charge is 0.230 e. The van der Waals surface area contributed by atoms with E-state index < -0.39 is 0 Å². The van der Waals surface area contributed by atoms with Gasteiger partial charge in [-0.1, -0.05) is 60.7 Å². The second kappa shape index (κ2) is 8.88. The molecule has 0 aliphatic carbocycles. The quantitative estimate of drug-likeness (QED) is 0.622. The highest BCUT2D eigenvalue weighted by Crippen LogP contribution is 2.26. The molecule has 128 valence electrons. The summed E-state index contributed by atoms with van der Waals surface area (Å²) in [7, 11) is 0. The summed E-state index contributed by atoms with van der Waals surface area (Å²) in [5, 5.41) is 5.23. The van der Waals surface area contributed by atoms with Crippen molar-refractivity contribution in [2.75, 3.05) is 5.75 Å². The Labute approximate surface area is 157 Å². The van der Waals surface area contributed by atoms with Crippen LogP contribution < -0.4 is 5.32 Å². The van der Waals surface area contributed by atoms with Gasteiger partial charge in [0.2, 0.25) is 5.91 Å². The van der Waals surface area contributed by atoms with Crippen molar-refractivity contribution in [1.82, 2.24) is 5.32 Å². The van der Waals surface area contributed by atoms with Crippen molar-refractivity contribution in [2.24, 2.45) is 0 Å². The van der Waals surface area contributed by atoms with Crippen molar-refractivity contribution in [3.8, 4) is 0 Å². The van der Waals surface area contributed by atoms with E-state index in [1.807, 2.05) is 41.8 Å². The third-order valence-electron chi connectivity index (χ3n) is 4.02. The maximum Gasteiger partial charge on any atom is 0.230 e. The first-order valence-corrected chi connectivity index (χ1v) is 10.3. The van der Waals surface area contributed by atoms with Gasteiger partial charge < -0.3 is 5.32 Å². The van der Waals surface area contributed by atoms with Crippen LogP contribution in [0.5, 0.6) is 0 Å². The summed E-state index contributed by atoms with van der Waals surface area (Å²) in [6.07, 6.45) is 0. The van der Waals surface area contributed by atoms with Crippen LogP contribution in [0.25, 0.3) is 0 Å². The number of aryl methyl sites for hydroxylation is 1. The molecule has 0 aliphatic heterocycles. The van der Waals surface area contributed by atoms with Crippen LogP contribution in [0.15, 0.2) is 72.1 Å². The lowest BCUT2D eigenvalue weighted by atomic mass is 10.1. The van der Waals surface area contributed by atoms with Gasteiger partial charge >= 0.3 is 0 Å². The largest absolute Gasteiger partial charge is 0.344 e. The molecule has 3 aromatic rings. The third-order valence-corrected chi connectivity index (χ3v) is 5.94. The molecule has 1 aromatic heterocycles. The van der Waals surface area contributed by atoms with E-state index in [-0.39, 0.29) is 11.9 Å². The molecule has 4 heteroatoms. The van der Waals surface area contributed by atoms with Crippen molar-refractivity contribution >= 4 is 29.0 Å². The molecule has 0 unspecified atom stereocenters. The van der Waals surface area contributed by atoms with E-state index in [2.05, 4.69) is 42.6 Å². The molecule has 0 aliphatic rings.